The number of nitrogens with zero attached hydrogens (tertiary/aromatic N) is 4. The van der Waals surface area contributed by atoms with Gasteiger partial charge in [-0.1, -0.05) is 17.3 Å². The van der Waals surface area contributed by atoms with Crippen LogP contribution >= 0.6 is 0 Å². The third kappa shape index (κ3) is 4.84. The van der Waals surface area contributed by atoms with Gasteiger partial charge in [-0.15, -0.1) is 5.10 Å². The minimum absolute atomic E-state index is 0.0726. The lowest BCUT2D eigenvalue weighted by Crippen LogP contribution is -2.57. The van der Waals surface area contributed by atoms with Gasteiger partial charge >= 0.3 is 0 Å². The molecule has 0 radical (unpaired) electrons. The van der Waals surface area contributed by atoms with Gasteiger partial charge in [0, 0.05) is 43.8 Å². The molecule has 10 nitrogen and oxygen atoms in total. The van der Waals surface area contributed by atoms with E-state index in [4.69, 9.17) is 18.7 Å². The molecule has 2 saturated heterocycles. The fourth-order valence-corrected chi connectivity index (χ4v) is 5.17. The second kappa shape index (κ2) is 10.7. The average Bonchev–Trinajstić information content (AvgIpc) is 3.59. The van der Waals surface area contributed by atoms with Crippen LogP contribution in [0.2, 0.25) is 0 Å². The van der Waals surface area contributed by atoms with Gasteiger partial charge in [-0.3, -0.25) is 0 Å². The minimum atomic E-state index is -1.63. The fraction of sp³-hybridized carbons (Fsp3) is 0.560. The summed E-state index contributed by atoms with van der Waals surface area (Å²) in [5.74, 6) is -3.82. The monoisotopic (exact) mass is 538 g/mol. The van der Waals surface area contributed by atoms with Gasteiger partial charge in [0.1, 0.15) is 35.8 Å². The van der Waals surface area contributed by atoms with Crippen LogP contribution in [0, 0.1) is 17.5 Å². The van der Waals surface area contributed by atoms with Crippen LogP contribution in [0.5, 0.6) is 0 Å². The highest BCUT2D eigenvalue weighted by Gasteiger charge is 2.47. The zero-order chi connectivity index (χ0) is 27.0. The smallest absolute Gasteiger partial charge is 0.195 e. The molecular formula is C25H29F3N4O6. The van der Waals surface area contributed by atoms with E-state index in [0.29, 0.717) is 19.0 Å². The molecular weight excluding hydrogens is 509 g/mol. The Morgan fingerprint density at radius 1 is 1.16 bits per heavy atom. The summed E-state index contributed by atoms with van der Waals surface area (Å²) in [6, 6.07) is 2.80. The molecule has 2 aromatic heterocycles. The molecule has 1 aromatic carbocycles. The number of aliphatic hydroxyl groups excluding tert-OH is 2. The molecule has 5 rings (SSSR count). The van der Waals surface area contributed by atoms with E-state index >= 15 is 0 Å². The number of ether oxygens (including phenoxy) is 3. The Morgan fingerprint density at radius 2 is 1.92 bits per heavy atom. The van der Waals surface area contributed by atoms with E-state index in [9.17, 15) is 23.4 Å². The first-order valence-electron chi connectivity index (χ1n) is 12.3. The normalized spacial score (nSPS) is 27.5. The number of aromatic nitrogens is 4. The van der Waals surface area contributed by atoms with Crippen LogP contribution < -0.4 is 0 Å². The summed E-state index contributed by atoms with van der Waals surface area (Å²) in [5.41, 5.74) is 0.269. The van der Waals surface area contributed by atoms with Crippen LogP contribution in [0.25, 0.3) is 11.3 Å². The van der Waals surface area contributed by atoms with Crippen molar-refractivity contribution in [3.05, 3.63) is 53.3 Å². The summed E-state index contributed by atoms with van der Waals surface area (Å²) < 4.78 is 65.6. The summed E-state index contributed by atoms with van der Waals surface area (Å²) in [5, 5.41) is 33.1. The maximum atomic E-state index is 14.4. The number of rotatable bonds is 7. The molecule has 4 heterocycles. The van der Waals surface area contributed by atoms with Gasteiger partial charge < -0.3 is 28.9 Å². The third-order valence-corrected chi connectivity index (χ3v) is 7.54. The van der Waals surface area contributed by atoms with E-state index in [2.05, 4.69) is 22.4 Å². The standard InChI is InChI=1S/C25H29F3N4O6/c1-25(5-7-36-8-6-25)19-10-13(38-30-19)9-17-24(35-2)22(23(34)18(12-33)37-17)32-11-16(29-31-32)14-3-4-15(26)21(28)20(14)27/h3-4,10-11,17-18,22-24,33-34H,5-9,12H2,1-2H3/t17-,18-,22+,23+,24+/m1/s1. The zero-order valence-electron chi connectivity index (χ0n) is 20.9. The molecule has 2 N–H and O–H groups in total. The molecule has 0 amide bonds. The Morgan fingerprint density at radius 3 is 2.63 bits per heavy atom. The van der Waals surface area contributed by atoms with Crippen molar-refractivity contribution in [2.24, 2.45) is 0 Å². The van der Waals surface area contributed by atoms with Crippen molar-refractivity contribution in [2.75, 3.05) is 26.9 Å². The molecule has 0 saturated carbocycles. The number of hydrogen-bond acceptors (Lipinski definition) is 9. The largest absolute Gasteiger partial charge is 0.394 e. The highest BCUT2D eigenvalue weighted by molar-refractivity contribution is 5.58. The maximum absolute atomic E-state index is 14.4. The molecule has 0 unspecified atom stereocenters. The molecule has 38 heavy (non-hydrogen) atoms. The van der Waals surface area contributed by atoms with Crippen molar-refractivity contribution in [2.45, 2.75) is 62.1 Å². The van der Waals surface area contributed by atoms with Crippen LogP contribution in [0.3, 0.4) is 0 Å². The van der Waals surface area contributed by atoms with Gasteiger partial charge in [0.2, 0.25) is 0 Å². The van der Waals surface area contributed by atoms with Gasteiger partial charge in [-0.05, 0) is 25.0 Å². The molecule has 3 aromatic rings. The van der Waals surface area contributed by atoms with Crippen LogP contribution in [-0.2, 0) is 26.0 Å². The molecule has 0 spiro atoms. The Hall–Kier alpha value is -2.84. The summed E-state index contributed by atoms with van der Waals surface area (Å²) in [7, 11) is 1.43. The summed E-state index contributed by atoms with van der Waals surface area (Å²) >= 11 is 0. The quantitative estimate of drug-likeness (QED) is 0.436. The lowest BCUT2D eigenvalue weighted by Gasteiger charge is -2.43. The lowest BCUT2D eigenvalue weighted by atomic mass is 9.79. The number of halogens is 3. The second-order valence-corrected chi connectivity index (χ2v) is 9.94. The summed E-state index contributed by atoms with van der Waals surface area (Å²) in [4.78, 5) is 0. The van der Waals surface area contributed by atoms with Gasteiger partial charge in [0.05, 0.1) is 24.6 Å². The predicted molar refractivity (Wildman–Crippen MR) is 125 cm³/mol. The predicted octanol–water partition coefficient (Wildman–Crippen LogP) is 2.34. The highest BCUT2D eigenvalue weighted by Crippen LogP contribution is 2.37. The topological polar surface area (TPSA) is 125 Å². The average molecular weight is 539 g/mol. The number of hydrogen-bond donors (Lipinski definition) is 2. The molecule has 0 bridgehead atoms. The van der Waals surface area contributed by atoms with Crippen molar-refractivity contribution < 1.29 is 42.1 Å². The molecule has 2 fully saturated rings. The van der Waals surface area contributed by atoms with E-state index in [1.165, 1.54) is 18.0 Å². The SMILES string of the molecule is CO[C@@H]1[C@@H](n2cc(-c3ccc(F)c(F)c3F)nn2)[C@@H](O)[C@@H](CO)O[C@@H]1Cc1cc(C2(C)CCOCC2)no1. The Bertz CT molecular complexity index is 1260. The fourth-order valence-electron chi connectivity index (χ4n) is 5.17. The maximum Gasteiger partial charge on any atom is 0.195 e. The van der Waals surface area contributed by atoms with Gasteiger partial charge in [-0.2, -0.15) is 0 Å². The Balaban J connectivity index is 1.42. The van der Waals surface area contributed by atoms with Gasteiger partial charge in [0.25, 0.3) is 0 Å². The van der Waals surface area contributed by atoms with E-state index in [0.717, 1.165) is 30.7 Å². The number of benzene rings is 1. The minimum Gasteiger partial charge on any atom is -0.394 e. The third-order valence-electron chi connectivity index (χ3n) is 7.54. The van der Waals surface area contributed by atoms with E-state index in [-0.39, 0.29) is 23.1 Å². The zero-order valence-corrected chi connectivity index (χ0v) is 20.9. The van der Waals surface area contributed by atoms with Crippen LogP contribution in [-0.4, -0.2) is 81.7 Å². The Kier molecular flexibility index (Phi) is 7.56. The molecule has 2 aliphatic heterocycles. The van der Waals surface area contributed by atoms with Crippen molar-refractivity contribution in [1.29, 1.82) is 0 Å². The molecule has 0 aliphatic carbocycles. The summed E-state index contributed by atoms with van der Waals surface area (Å²) in [6.45, 7) is 2.90. The van der Waals surface area contributed by atoms with Crippen molar-refractivity contribution in [3.8, 4) is 11.3 Å². The van der Waals surface area contributed by atoms with Gasteiger partial charge in [-0.25, -0.2) is 17.9 Å². The molecule has 2 aliphatic rings. The Labute approximate surface area is 216 Å². The summed E-state index contributed by atoms with van der Waals surface area (Å²) in [6.07, 6.45) is -0.633. The van der Waals surface area contributed by atoms with E-state index in [1.807, 2.05) is 6.07 Å². The lowest BCUT2D eigenvalue weighted by molar-refractivity contribution is -0.212. The van der Waals surface area contributed by atoms with Crippen LogP contribution in [0.1, 0.15) is 37.3 Å². The van der Waals surface area contributed by atoms with E-state index < -0.39 is 54.5 Å². The number of methoxy groups -OCH3 is 1. The molecule has 206 valence electrons. The first-order chi connectivity index (χ1) is 18.3. The molecule has 13 heteroatoms. The van der Waals surface area contributed by atoms with Crippen LogP contribution in [0.4, 0.5) is 13.2 Å². The van der Waals surface area contributed by atoms with Gasteiger partial charge in [0.15, 0.2) is 17.5 Å². The first-order valence-corrected chi connectivity index (χ1v) is 12.3. The van der Waals surface area contributed by atoms with Crippen molar-refractivity contribution in [1.82, 2.24) is 20.2 Å². The van der Waals surface area contributed by atoms with Crippen molar-refractivity contribution in [3.63, 3.8) is 0 Å². The number of aliphatic hydroxyl groups is 2. The highest BCUT2D eigenvalue weighted by atomic mass is 19.2. The van der Waals surface area contributed by atoms with Crippen molar-refractivity contribution >= 4 is 0 Å². The first kappa shape index (κ1) is 26.8. The second-order valence-electron chi connectivity index (χ2n) is 9.94. The molecule has 5 atom stereocenters. The van der Waals surface area contributed by atoms with E-state index in [1.54, 1.807) is 0 Å². The van der Waals surface area contributed by atoms with Crippen LogP contribution in [0.15, 0.2) is 28.9 Å².